The summed E-state index contributed by atoms with van der Waals surface area (Å²) >= 11 is 1.67. The van der Waals surface area contributed by atoms with Crippen LogP contribution in [0.5, 0.6) is 0 Å². The summed E-state index contributed by atoms with van der Waals surface area (Å²) in [5.74, 6) is 0.988. The van der Waals surface area contributed by atoms with Gasteiger partial charge in [-0.3, -0.25) is 4.79 Å². The molecule has 0 bridgehead atoms. The Labute approximate surface area is 137 Å². The van der Waals surface area contributed by atoms with Crippen molar-refractivity contribution in [3.8, 4) is 11.8 Å². The fourth-order valence-corrected chi connectivity index (χ4v) is 3.72. The van der Waals surface area contributed by atoms with Crippen molar-refractivity contribution in [3.63, 3.8) is 0 Å². The molecule has 0 radical (unpaired) electrons. The molecule has 118 valence electrons. The Hall–Kier alpha value is -2.33. The predicted octanol–water partition coefficient (Wildman–Crippen LogP) is 2.07. The van der Waals surface area contributed by atoms with E-state index in [1.54, 1.807) is 40.8 Å². The number of hydrogen-bond acceptors (Lipinski definition) is 4. The average Bonchev–Trinajstić information content (AvgIpc) is 3.18. The molecule has 0 saturated carbocycles. The van der Waals surface area contributed by atoms with Crippen molar-refractivity contribution in [1.82, 2.24) is 15.1 Å². The van der Waals surface area contributed by atoms with E-state index in [0.717, 1.165) is 11.4 Å². The number of aromatic nitrogens is 2. The summed E-state index contributed by atoms with van der Waals surface area (Å²) in [5, 5.41) is 16.4. The van der Waals surface area contributed by atoms with Crippen molar-refractivity contribution < 1.29 is 9.18 Å². The lowest BCUT2D eigenvalue weighted by atomic mass is 10.0. The van der Waals surface area contributed by atoms with Gasteiger partial charge >= 0.3 is 0 Å². The summed E-state index contributed by atoms with van der Waals surface area (Å²) in [7, 11) is 0. The number of carbonyl (C=O) groups is 1. The van der Waals surface area contributed by atoms with Crippen LogP contribution in [0.1, 0.15) is 12.1 Å². The second-order valence-electron chi connectivity index (χ2n) is 5.45. The van der Waals surface area contributed by atoms with E-state index >= 15 is 0 Å². The molecular weight excluding hydrogens is 315 g/mol. The van der Waals surface area contributed by atoms with E-state index in [1.165, 1.54) is 12.1 Å². The Morgan fingerprint density at radius 2 is 2.22 bits per heavy atom. The zero-order valence-electron chi connectivity index (χ0n) is 12.3. The summed E-state index contributed by atoms with van der Waals surface area (Å²) in [5.41, 5.74) is 0.575. The predicted molar refractivity (Wildman–Crippen MR) is 85.7 cm³/mol. The molecule has 1 atom stereocenters. The van der Waals surface area contributed by atoms with Gasteiger partial charge in [0, 0.05) is 11.9 Å². The summed E-state index contributed by atoms with van der Waals surface area (Å²) in [6, 6.07) is 9.91. The minimum Gasteiger partial charge on any atom is -0.337 e. The zero-order valence-corrected chi connectivity index (χ0v) is 13.1. The third-order valence-corrected chi connectivity index (χ3v) is 4.88. The van der Waals surface area contributed by atoms with Gasteiger partial charge in [-0.2, -0.15) is 22.1 Å². The van der Waals surface area contributed by atoms with Crippen molar-refractivity contribution in [2.24, 2.45) is 0 Å². The van der Waals surface area contributed by atoms with Gasteiger partial charge in [0.2, 0.25) is 5.91 Å². The SMILES string of the molecule is N#C[C@]1(NC(=O)Cc2ccn(-c3ccc(F)cc3)n2)CCSC1. The molecule has 3 rings (SSSR count). The van der Waals surface area contributed by atoms with Crippen molar-refractivity contribution in [2.45, 2.75) is 18.4 Å². The van der Waals surface area contributed by atoms with Gasteiger partial charge in [-0.05, 0) is 42.5 Å². The highest BCUT2D eigenvalue weighted by Crippen LogP contribution is 2.27. The van der Waals surface area contributed by atoms with E-state index in [1.807, 2.05) is 0 Å². The number of benzene rings is 1. The molecule has 1 fully saturated rings. The highest BCUT2D eigenvalue weighted by Gasteiger charge is 2.36. The molecular formula is C16H15FN4OS. The monoisotopic (exact) mass is 330 g/mol. The van der Waals surface area contributed by atoms with E-state index in [9.17, 15) is 14.4 Å². The average molecular weight is 330 g/mol. The Kier molecular flexibility index (Phi) is 4.35. The van der Waals surface area contributed by atoms with Crippen molar-refractivity contribution >= 4 is 17.7 Å². The molecule has 1 aliphatic rings. The lowest BCUT2D eigenvalue weighted by molar-refractivity contribution is -0.121. The quantitative estimate of drug-likeness (QED) is 0.932. The Balaban J connectivity index is 1.66. The first-order valence-electron chi connectivity index (χ1n) is 7.21. The molecule has 1 saturated heterocycles. The number of thioether (sulfide) groups is 1. The molecule has 1 aromatic carbocycles. The molecule has 1 aliphatic heterocycles. The lowest BCUT2D eigenvalue weighted by Crippen LogP contribution is -2.48. The third kappa shape index (κ3) is 3.54. The number of nitrogens with one attached hydrogen (secondary N) is 1. The first-order valence-corrected chi connectivity index (χ1v) is 8.36. The van der Waals surface area contributed by atoms with Gasteiger partial charge in [-0.1, -0.05) is 0 Å². The standard InChI is InChI=1S/C16H15FN4OS/c17-12-1-3-14(4-2-12)21-7-5-13(20-21)9-15(22)19-16(10-18)6-8-23-11-16/h1-5,7H,6,8-9,11H2,(H,19,22)/t16-/m1/s1. The maximum absolute atomic E-state index is 12.9. The van der Waals surface area contributed by atoms with Crippen LogP contribution in [0.25, 0.3) is 5.69 Å². The van der Waals surface area contributed by atoms with Crippen LogP contribution < -0.4 is 5.32 Å². The summed E-state index contributed by atoms with van der Waals surface area (Å²) in [6.45, 7) is 0. The van der Waals surface area contributed by atoms with Gasteiger partial charge in [0.25, 0.3) is 0 Å². The number of carbonyl (C=O) groups excluding carboxylic acids is 1. The summed E-state index contributed by atoms with van der Waals surface area (Å²) in [6.07, 6.45) is 2.51. The second-order valence-corrected chi connectivity index (χ2v) is 6.55. The molecule has 1 aromatic heterocycles. The van der Waals surface area contributed by atoms with E-state index in [2.05, 4.69) is 16.5 Å². The first-order chi connectivity index (χ1) is 11.1. The minimum absolute atomic E-state index is 0.113. The van der Waals surface area contributed by atoms with Gasteiger partial charge in [0.05, 0.1) is 23.9 Å². The van der Waals surface area contributed by atoms with Crippen LogP contribution in [0, 0.1) is 17.1 Å². The highest BCUT2D eigenvalue weighted by atomic mass is 32.2. The van der Waals surface area contributed by atoms with Crippen LogP contribution in [-0.2, 0) is 11.2 Å². The van der Waals surface area contributed by atoms with Crippen molar-refractivity contribution in [1.29, 1.82) is 5.26 Å². The molecule has 7 heteroatoms. The van der Waals surface area contributed by atoms with Crippen LogP contribution in [0.15, 0.2) is 36.5 Å². The highest BCUT2D eigenvalue weighted by molar-refractivity contribution is 7.99. The number of halogens is 1. The number of rotatable bonds is 4. The van der Waals surface area contributed by atoms with Gasteiger partial charge in [-0.15, -0.1) is 0 Å². The normalized spacial score (nSPS) is 20.2. The number of nitriles is 1. The maximum Gasteiger partial charge on any atom is 0.227 e. The van der Waals surface area contributed by atoms with Crippen LogP contribution in [0.4, 0.5) is 4.39 Å². The summed E-state index contributed by atoms with van der Waals surface area (Å²) in [4.78, 5) is 12.2. The molecule has 0 aliphatic carbocycles. The second kappa shape index (κ2) is 6.42. The molecule has 2 aromatic rings. The van der Waals surface area contributed by atoms with Crippen molar-refractivity contribution in [2.75, 3.05) is 11.5 Å². The molecule has 5 nitrogen and oxygen atoms in total. The van der Waals surface area contributed by atoms with Crippen LogP contribution in [0.2, 0.25) is 0 Å². The minimum atomic E-state index is -0.749. The number of hydrogen-bond donors (Lipinski definition) is 1. The van der Waals surface area contributed by atoms with Crippen LogP contribution >= 0.6 is 11.8 Å². The first kappa shape index (κ1) is 15.6. The molecule has 1 amide bonds. The molecule has 0 spiro atoms. The fraction of sp³-hybridized carbons (Fsp3) is 0.312. The molecule has 2 heterocycles. The topological polar surface area (TPSA) is 70.7 Å². The third-order valence-electron chi connectivity index (χ3n) is 3.69. The Bertz CT molecular complexity index is 744. The van der Waals surface area contributed by atoms with E-state index in [-0.39, 0.29) is 18.1 Å². The Morgan fingerprint density at radius 3 is 2.87 bits per heavy atom. The van der Waals surface area contributed by atoms with E-state index in [4.69, 9.17) is 0 Å². The number of nitrogens with zero attached hydrogens (tertiary/aromatic N) is 3. The van der Waals surface area contributed by atoms with Gasteiger partial charge in [0.15, 0.2) is 0 Å². The van der Waals surface area contributed by atoms with Crippen molar-refractivity contribution in [3.05, 3.63) is 48.0 Å². The summed E-state index contributed by atoms with van der Waals surface area (Å²) < 4.78 is 14.5. The van der Waals surface area contributed by atoms with Crippen LogP contribution in [0.3, 0.4) is 0 Å². The van der Waals surface area contributed by atoms with Gasteiger partial charge < -0.3 is 5.32 Å². The van der Waals surface area contributed by atoms with Crippen LogP contribution in [-0.4, -0.2) is 32.7 Å². The van der Waals surface area contributed by atoms with E-state index < -0.39 is 5.54 Å². The Morgan fingerprint density at radius 1 is 1.43 bits per heavy atom. The van der Waals surface area contributed by atoms with Gasteiger partial charge in [-0.25, -0.2) is 9.07 Å². The molecule has 23 heavy (non-hydrogen) atoms. The largest absolute Gasteiger partial charge is 0.337 e. The number of amides is 1. The maximum atomic E-state index is 12.9. The molecule has 1 N–H and O–H groups in total. The smallest absolute Gasteiger partial charge is 0.227 e. The fourth-order valence-electron chi connectivity index (χ4n) is 2.45. The van der Waals surface area contributed by atoms with E-state index in [0.29, 0.717) is 17.9 Å². The van der Waals surface area contributed by atoms with Gasteiger partial charge in [0.1, 0.15) is 11.4 Å². The molecule has 0 unspecified atom stereocenters. The zero-order chi connectivity index (χ0) is 16.3. The lowest BCUT2D eigenvalue weighted by Gasteiger charge is -2.20.